The van der Waals surface area contributed by atoms with E-state index in [0.29, 0.717) is 25.0 Å². The number of hydrogen-bond donors (Lipinski definition) is 1. The van der Waals surface area contributed by atoms with E-state index in [0.717, 1.165) is 25.2 Å². The number of carbonyl (C=O) groups is 1. The average molecular weight is 329 g/mol. The Morgan fingerprint density at radius 1 is 1.18 bits per heavy atom. The van der Waals surface area contributed by atoms with Crippen LogP contribution in [0.15, 0.2) is 0 Å². The van der Waals surface area contributed by atoms with E-state index in [1.165, 1.54) is 42.0 Å². The molecule has 3 aliphatic rings. The van der Waals surface area contributed by atoms with Gasteiger partial charge in [0.1, 0.15) is 0 Å². The lowest BCUT2D eigenvalue weighted by Crippen LogP contribution is -2.50. The van der Waals surface area contributed by atoms with Crippen LogP contribution in [-0.2, 0) is 15.0 Å². The summed E-state index contributed by atoms with van der Waals surface area (Å²) in [5.41, 5.74) is 0. The maximum atomic E-state index is 12.5. The van der Waals surface area contributed by atoms with Crippen LogP contribution < -0.4 is 5.32 Å². The molecule has 0 aromatic heterocycles. The van der Waals surface area contributed by atoms with E-state index in [4.69, 9.17) is 0 Å². The summed E-state index contributed by atoms with van der Waals surface area (Å²) in [7, 11) is -0.343. The highest BCUT2D eigenvalue weighted by Crippen LogP contribution is 2.44. The van der Waals surface area contributed by atoms with E-state index < -0.39 is 10.2 Å². The molecule has 0 aromatic rings. The second-order valence-electron chi connectivity index (χ2n) is 7.28. The zero-order valence-electron chi connectivity index (χ0n) is 13.5. The summed E-state index contributed by atoms with van der Waals surface area (Å²) in [5.74, 6) is 1.30. The van der Waals surface area contributed by atoms with Gasteiger partial charge in [0.15, 0.2) is 0 Å². The van der Waals surface area contributed by atoms with E-state index in [-0.39, 0.29) is 11.8 Å². The Bertz CT molecular complexity index is 534. The molecular weight excluding hydrogens is 302 g/mol. The second-order valence-corrected chi connectivity index (χ2v) is 9.42. The molecule has 22 heavy (non-hydrogen) atoms. The number of amides is 1. The smallest absolute Gasteiger partial charge is 0.281 e. The summed E-state index contributed by atoms with van der Waals surface area (Å²) in [6.07, 6.45) is 6.46. The molecule has 4 atom stereocenters. The summed E-state index contributed by atoms with van der Waals surface area (Å²) in [5, 5.41) is 3.21. The first kappa shape index (κ1) is 16.2. The molecule has 2 bridgehead atoms. The molecule has 2 aliphatic carbocycles. The van der Waals surface area contributed by atoms with Gasteiger partial charge in [-0.2, -0.15) is 17.0 Å². The van der Waals surface area contributed by atoms with Crippen molar-refractivity contribution in [1.82, 2.24) is 13.9 Å². The Kier molecular flexibility index (Phi) is 4.49. The Hall–Kier alpha value is -0.660. The molecule has 7 heteroatoms. The van der Waals surface area contributed by atoms with Gasteiger partial charge in [-0.05, 0) is 43.9 Å². The van der Waals surface area contributed by atoms with Crippen molar-refractivity contribution in [1.29, 1.82) is 0 Å². The zero-order valence-corrected chi connectivity index (χ0v) is 14.3. The predicted octanol–water partition coefficient (Wildman–Crippen LogP) is 0.810. The molecule has 6 nitrogen and oxygen atoms in total. The van der Waals surface area contributed by atoms with Crippen molar-refractivity contribution < 1.29 is 13.2 Å². The largest absolute Gasteiger partial charge is 0.353 e. The number of nitrogens with one attached hydrogen (secondary N) is 1. The predicted molar refractivity (Wildman–Crippen MR) is 84.3 cm³/mol. The van der Waals surface area contributed by atoms with Gasteiger partial charge in [0.2, 0.25) is 5.91 Å². The van der Waals surface area contributed by atoms with Crippen molar-refractivity contribution in [3.63, 3.8) is 0 Å². The molecule has 1 aliphatic heterocycles. The normalized spacial score (nSPS) is 36.0. The lowest BCUT2D eigenvalue weighted by Gasteiger charge is -2.34. The number of hydrogen-bond acceptors (Lipinski definition) is 3. The van der Waals surface area contributed by atoms with Crippen LogP contribution in [0.25, 0.3) is 0 Å². The molecule has 126 valence electrons. The summed E-state index contributed by atoms with van der Waals surface area (Å²) in [6, 6.07) is 0.326. The molecular formula is C15H27N3O3S. The highest BCUT2D eigenvalue weighted by atomic mass is 32.2. The fourth-order valence-corrected chi connectivity index (χ4v) is 5.51. The van der Waals surface area contributed by atoms with Crippen molar-refractivity contribution >= 4 is 16.1 Å². The Morgan fingerprint density at radius 2 is 1.95 bits per heavy atom. The fourth-order valence-electron chi connectivity index (χ4n) is 4.32. The molecule has 0 radical (unpaired) electrons. The highest BCUT2D eigenvalue weighted by molar-refractivity contribution is 7.86. The average Bonchev–Trinajstić information content (AvgIpc) is 3.09. The monoisotopic (exact) mass is 329 g/mol. The van der Waals surface area contributed by atoms with E-state index in [2.05, 4.69) is 5.32 Å². The van der Waals surface area contributed by atoms with Crippen LogP contribution >= 0.6 is 0 Å². The third kappa shape index (κ3) is 3.03. The van der Waals surface area contributed by atoms with Crippen LogP contribution in [0.4, 0.5) is 0 Å². The van der Waals surface area contributed by atoms with Gasteiger partial charge < -0.3 is 5.32 Å². The molecule has 0 spiro atoms. The first-order valence-corrected chi connectivity index (χ1v) is 9.75. The molecule has 0 aromatic carbocycles. The first-order chi connectivity index (χ1) is 10.4. The second kappa shape index (κ2) is 6.09. The van der Waals surface area contributed by atoms with Gasteiger partial charge in [-0.3, -0.25) is 4.79 Å². The highest BCUT2D eigenvalue weighted by Gasteiger charge is 2.41. The molecule has 3 rings (SSSR count). The van der Waals surface area contributed by atoms with Crippen molar-refractivity contribution in [3.8, 4) is 0 Å². The van der Waals surface area contributed by atoms with Crippen LogP contribution in [0.2, 0.25) is 0 Å². The molecule has 1 saturated heterocycles. The Labute approximate surface area is 133 Å². The van der Waals surface area contributed by atoms with Crippen molar-refractivity contribution in [3.05, 3.63) is 0 Å². The van der Waals surface area contributed by atoms with Gasteiger partial charge in [0.25, 0.3) is 10.2 Å². The maximum absolute atomic E-state index is 12.5. The SMILES string of the molecule is CN(C)S(=O)(=O)N1CCC[C@H](C(=O)N[C@H]2C[C@H]3CC[C@H]2C3)C1. The van der Waals surface area contributed by atoms with E-state index >= 15 is 0 Å². The zero-order chi connectivity index (χ0) is 15.9. The van der Waals surface area contributed by atoms with Gasteiger partial charge in [-0.1, -0.05) is 6.42 Å². The number of piperidine rings is 1. The number of nitrogens with zero attached hydrogens (tertiary/aromatic N) is 2. The van der Waals surface area contributed by atoms with E-state index in [1.807, 2.05) is 0 Å². The van der Waals surface area contributed by atoms with E-state index in [1.54, 1.807) is 0 Å². The Balaban J connectivity index is 1.59. The summed E-state index contributed by atoms with van der Waals surface area (Å²) >= 11 is 0. The first-order valence-electron chi connectivity index (χ1n) is 8.36. The number of rotatable bonds is 4. The third-order valence-corrected chi connectivity index (χ3v) is 7.52. The minimum atomic E-state index is -3.42. The molecule has 3 fully saturated rings. The van der Waals surface area contributed by atoms with Gasteiger partial charge in [-0.15, -0.1) is 0 Å². The van der Waals surface area contributed by atoms with Gasteiger partial charge in [0, 0.05) is 33.2 Å². The maximum Gasteiger partial charge on any atom is 0.281 e. The van der Waals surface area contributed by atoms with Gasteiger partial charge in [0.05, 0.1) is 5.92 Å². The minimum absolute atomic E-state index is 0.0520. The molecule has 1 heterocycles. The van der Waals surface area contributed by atoms with E-state index in [9.17, 15) is 13.2 Å². The number of carbonyl (C=O) groups excluding carboxylic acids is 1. The van der Waals surface area contributed by atoms with Crippen molar-refractivity contribution in [2.45, 2.75) is 44.6 Å². The van der Waals surface area contributed by atoms with Crippen molar-refractivity contribution in [2.24, 2.45) is 17.8 Å². The van der Waals surface area contributed by atoms with Gasteiger partial charge >= 0.3 is 0 Å². The lowest BCUT2D eigenvalue weighted by molar-refractivity contribution is -0.127. The molecule has 1 amide bonds. The lowest BCUT2D eigenvalue weighted by atomic mass is 9.93. The van der Waals surface area contributed by atoms with Crippen molar-refractivity contribution in [2.75, 3.05) is 27.2 Å². The minimum Gasteiger partial charge on any atom is -0.353 e. The van der Waals surface area contributed by atoms with Crippen LogP contribution in [-0.4, -0.2) is 56.2 Å². The number of fused-ring (bicyclic) bond motifs is 2. The fraction of sp³-hybridized carbons (Fsp3) is 0.933. The van der Waals surface area contributed by atoms with Crippen LogP contribution in [0.5, 0.6) is 0 Å². The van der Waals surface area contributed by atoms with Crippen LogP contribution in [0.1, 0.15) is 38.5 Å². The van der Waals surface area contributed by atoms with Gasteiger partial charge in [-0.25, -0.2) is 0 Å². The quantitative estimate of drug-likeness (QED) is 0.830. The molecule has 2 saturated carbocycles. The van der Waals surface area contributed by atoms with Crippen LogP contribution in [0, 0.1) is 17.8 Å². The Morgan fingerprint density at radius 3 is 2.55 bits per heavy atom. The summed E-state index contributed by atoms with van der Waals surface area (Å²) in [6.45, 7) is 0.825. The van der Waals surface area contributed by atoms with Crippen LogP contribution in [0.3, 0.4) is 0 Å². The summed E-state index contributed by atoms with van der Waals surface area (Å²) < 4.78 is 27.1. The third-order valence-electron chi connectivity index (χ3n) is 5.61. The molecule has 1 N–H and O–H groups in total. The standard InChI is InChI=1S/C15H27N3O3S/c1-17(2)22(20,21)18-7-3-4-13(10-18)15(19)16-14-9-11-5-6-12(14)8-11/h11-14H,3-10H2,1-2H3,(H,16,19)/t11-,12-,13-,14-/m0/s1. The topological polar surface area (TPSA) is 69.7 Å². The summed E-state index contributed by atoms with van der Waals surface area (Å²) in [4.78, 5) is 12.5. The molecule has 0 unspecified atom stereocenters.